The number of ether oxygens (including phenoxy) is 1. The zero-order valence-electron chi connectivity index (χ0n) is 10.9. The Labute approximate surface area is 126 Å². The molecule has 1 heterocycles. The summed E-state index contributed by atoms with van der Waals surface area (Å²) in [6.45, 7) is 0.768. The van der Waals surface area contributed by atoms with Crippen LogP contribution in [0, 0.1) is 10.1 Å². The molecule has 1 aromatic rings. The van der Waals surface area contributed by atoms with Gasteiger partial charge in [-0.25, -0.2) is 8.42 Å². The van der Waals surface area contributed by atoms with Crippen molar-refractivity contribution >= 4 is 27.3 Å². The van der Waals surface area contributed by atoms with Crippen LogP contribution in [-0.2, 0) is 14.8 Å². The van der Waals surface area contributed by atoms with Gasteiger partial charge >= 0.3 is 0 Å². The second kappa shape index (κ2) is 6.24. The van der Waals surface area contributed by atoms with E-state index in [1.165, 1.54) is 4.31 Å². The molecule has 2 N–H and O–H groups in total. The first-order chi connectivity index (χ1) is 9.86. The van der Waals surface area contributed by atoms with Crippen molar-refractivity contribution in [3.8, 4) is 0 Å². The summed E-state index contributed by atoms with van der Waals surface area (Å²) in [5.41, 5.74) is 5.22. The van der Waals surface area contributed by atoms with Gasteiger partial charge in [-0.15, -0.1) is 0 Å². The SMILES string of the molecule is NCC1CN(S(=O)(=O)c2ccc([N+](=O)[O-])cc2Cl)CCO1. The number of nitrogens with zero attached hydrogens (tertiary/aromatic N) is 2. The summed E-state index contributed by atoms with van der Waals surface area (Å²) in [5.74, 6) is 0. The van der Waals surface area contributed by atoms with Crippen molar-refractivity contribution < 1.29 is 18.1 Å². The number of nitro benzene ring substituents is 1. The van der Waals surface area contributed by atoms with E-state index < -0.39 is 14.9 Å². The Hall–Kier alpha value is -1.26. The Bertz CT molecular complexity index is 651. The number of hydrogen-bond acceptors (Lipinski definition) is 6. The minimum Gasteiger partial charge on any atom is -0.374 e. The normalized spacial score (nSPS) is 20.4. The van der Waals surface area contributed by atoms with E-state index >= 15 is 0 Å². The fraction of sp³-hybridized carbons (Fsp3) is 0.455. The van der Waals surface area contributed by atoms with Crippen LogP contribution >= 0.6 is 11.6 Å². The lowest BCUT2D eigenvalue weighted by atomic mass is 10.3. The molecule has 1 fully saturated rings. The highest BCUT2D eigenvalue weighted by atomic mass is 35.5. The molecule has 8 nitrogen and oxygen atoms in total. The van der Waals surface area contributed by atoms with Crippen LogP contribution in [0.5, 0.6) is 0 Å². The standard InChI is InChI=1S/C11H14ClN3O5S/c12-10-5-8(15(16)17)1-2-11(10)21(18,19)14-3-4-20-9(6-13)7-14/h1-2,5,9H,3-4,6-7,13H2. The third-order valence-electron chi connectivity index (χ3n) is 3.11. The van der Waals surface area contributed by atoms with Crippen molar-refractivity contribution in [2.45, 2.75) is 11.0 Å². The van der Waals surface area contributed by atoms with E-state index in [2.05, 4.69) is 0 Å². The Morgan fingerprint density at radius 3 is 2.81 bits per heavy atom. The number of halogens is 1. The Morgan fingerprint density at radius 2 is 2.24 bits per heavy atom. The Kier molecular flexibility index (Phi) is 4.79. The first kappa shape index (κ1) is 16.1. The smallest absolute Gasteiger partial charge is 0.271 e. The molecular weight excluding hydrogens is 322 g/mol. The average molecular weight is 336 g/mol. The summed E-state index contributed by atoms with van der Waals surface area (Å²) >= 11 is 5.88. The van der Waals surface area contributed by atoms with E-state index in [-0.39, 0.29) is 48.0 Å². The highest BCUT2D eigenvalue weighted by molar-refractivity contribution is 7.89. The van der Waals surface area contributed by atoms with Gasteiger partial charge in [-0.3, -0.25) is 10.1 Å². The summed E-state index contributed by atoms with van der Waals surface area (Å²) < 4.78 is 31.6. The predicted molar refractivity (Wildman–Crippen MR) is 75.7 cm³/mol. The van der Waals surface area contributed by atoms with E-state index in [0.29, 0.717) is 0 Å². The van der Waals surface area contributed by atoms with Crippen LogP contribution in [0.4, 0.5) is 5.69 Å². The fourth-order valence-corrected chi connectivity index (χ4v) is 3.97. The number of non-ortho nitro benzene ring substituents is 1. The molecule has 0 bridgehead atoms. The van der Waals surface area contributed by atoms with E-state index in [0.717, 1.165) is 18.2 Å². The lowest BCUT2D eigenvalue weighted by Crippen LogP contribution is -2.48. The first-order valence-electron chi connectivity index (χ1n) is 6.12. The molecule has 1 aromatic carbocycles. The van der Waals surface area contributed by atoms with Crippen molar-refractivity contribution in [2.24, 2.45) is 5.73 Å². The molecule has 0 aromatic heterocycles. The van der Waals surface area contributed by atoms with E-state index in [1.54, 1.807) is 0 Å². The molecule has 0 spiro atoms. The summed E-state index contributed by atoms with van der Waals surface area (Å²) in [5, 5.41) is 10.5. The summed E-state index contributed by atoms with van der Waals surface area (Å²) in [4.78, 5) is 9.86. The van der Waals surface area contributed by atoms with Crippen LogP contribution in [0.3, 0.4) is 0 Å². The molecular formula is C11H14ClN3O5S. The molecule has 116 valence electrons. The van der Waals surface area contributed by atoms with Gasteiger partial charge in [0.25, 0.3) is 5.69 Å². The molecule has 1 saturated heterocycles. The van der Waals surface area contributed by atoms with Gasteiger partial charge in [0.2, 0.25) is 10.0 Å². The van der Waals surface area contributed by atoms with Crippen LogP contribution in [0.2, 0.25) is 5.02 Å². The van der Waals surface area contributed by atoms with Gasteiger partial charge < -0.3 is 10.5 Å². The van der Waals surface area contributed by atoms with Gasteiger partial charge in [0.15, 0.2) is 0 Å². The van der Waals surface area contributed by atoms with Gasteiger partial charge in [0.1, 0.15) is 4.90 Å². The molecule has 1 aliphatic rings. The van der Waals surface area contributed by atoms with Crippen LogP contribution in [0.1, 0.15) is 0 Å². The van der Waals surface area contributed by atoms with Crippen LogP contribution < -0.4 is 5.73 Å². The van der Waals surface area contributed by atoms with E-state index in [4.69, 9.17) is 22.1 Å². The third kappa shape index (κ3) is 3.33. The summed E-state index contributed by atoms with van der Waals surface area (Å²) in [6, 6.07) is 3.28. The maximum absolute atomic E-state index is 12.5. The second-order valence-electron chi connectivity index (χ2n) is 4.46. The maximum Gasteiger partial charge on any atom is 0.271 e. The van der Waals surface area contributed by atoms with E-state index in [9.17, 15) is 18.5 Å². The molecule has 1 atom stereocenters. The van der Waals surface area contributed by atoms with Gasteiger partial charge in [0, 0.05) is 31.8 Å². The average Bonchev–Trinajstić information content (AvgIpc) is 2.46. The number of sulfonamides is 1. The van der Waals surface area contributed by atoms with Crippen LogP contribution in [0.15, 0.2) is 23.1 Å². The number of rotatable bonds is 4. The highest BCUT2D eigenvalue weighted by Gasteiger charge is 2.32. The zero-order valence-corrected chi connectivity index (χ0v) is 12.5. The zero-order chi connectivity index (χ0) is 15.6. The summed E-state index contributed by atoms with van der Waals surface area (Å²) in [6.07, 6.45) is -0.370. The number of morpholine rings is 1. The topological polar surface area (TPSA) is 116 Å². The fourth-order valence-electron chi connectivity index (χ4n) is 2.00. The Morgan fingerprint density at radius 1 is 1.52 bits per heavy atom. The van der Waals surface area contributed by atoms with Crippen molar-refractivity contribution in [1.82, 2.24) is 4.31 Å². The third-order valence-corrected chi connectivity index (χ3v) is 5.46. The number of nitro groups is 1. The van der Waals surface area contributed by atoms with Crippen LogP contribution in [-0.4, -0.2) is 50.0 Å². The maximum atomic E-state index is 12.5. The van der Waals surface area contributed by atoms with Gasteiger partial charge in [-0.05, 0) is 6.07 Å². The van der Waals surface area contributed by atoms with E-state index in [1.807, 2.05) is 0 Å². The largest absolute Gasteiger partial charge is 0.374 e. The molecule has 10 heteroatoms. The molecule has 0 radical (unpaired) electrons. The van der Waals surface area contributed by atoms with Crippen molar-refractivity contribution in [3.05, 3.63) is 33.3 Å². The van der Waals surface area contributed by atoms with Gasteiger partial charge in [-0.2, -0.15) is 4.31 Å². The van der Waals surface area contributed by atoms with Gasteiger partial charge in [-0.1, -0.05) is 11.6 Å². The Balaban J connectivity index is 2.33. The molecule has 2 rings (SSSR count). The first-order valence-corrected chi connectivity index (χ1v) is 7.94. The van der Waals surface area contributed by atoms with Crippen molar-refractivity contribution in [2.75, 3.05) is 26.2 Å². The number of hydrogen-bond donors (Lipinski definition) is 1. The molecule has 0 aliphatic carbocycles. The lowest BCUT2D eigenvalue weighted by molar-refractivity contribution is -0.384. The lowest BCUT2D eigenvalue weighted by Gasteiger charge is -2.31. The monoisotopic (exact) mass is 335 g/mol. The number of nitrogens with two attached hydrogens (primary N) is 1. The second-order valence-corrected chi connectivity index (χ2v) is 6.78. The predicted octanol–water partition coefficient (Wildman–Crippen LogP) is 0.596. The minimum absolute atomic E-state index is 0.131. The van der Waals surface area contributed by atoms with Crippen LogP contribution in [0.25, 0.3) is 0 Å². The van der Waals surface area contributed by atoms with Gasteiger partial charge in [0.05, 0.1) is 22.7 Å². The van der Waals surface area contributed by atoms with Crippen molar-refractivity contribution in [3.63, 3.8) is 0 Å². The molecule has 1 aliphatic heterocycles. The van der Waals surface area contributed by atoms with Crippen molar-refractivity contribution in [1.29, 1.82) is 0 Å². The minimum atomic E-state index is -3.83. The number of benzene rings is 1. The molecule has 0 amide bonds. The molecule has 0 saturated carbocycles. The molecule has 21 heavy (non-hydrogen) atoms. The molecule has 1 unspecified atom stereocenters. The highest BCUT2D eigenvalue weighted by Crippen LogP contribution is 2.29. The quantitative estimate of drug-likeness (QED) is 0.636. The summed E-state index contributed by atoms with van der Waals surface area (Å²) in [7, 11) is -3.83.